The zero-order chi connectivity index (χ0) is 19.9. The Labute approximate surface area is 160 Å². The minimum absolute atomic E-state index is 0.00712. The second-order valence-corrected chi connectivity index (χ2v) is 6.99. The van der Waals surface area contributed by atoms with Gasteiger partial charge >= 0.3 is 12.1 Å². The first-order valence-electron chi connectivity index (χ1n) is 9.13. The van der Waals surface area contributed by atoms with Gasteiger partial charge in [0.25, 0.3) is 0 Å². The molecule has 2 aromatic heterocycles. The van der Waals surface area contributed by atoms with Crippen LogP contribution in [0.25, 0.3) is 5.65 Å². The molecule has 0 radical (unpaired) electrons. The van der Waals surface area contributed by atoms with Crippen molar-refractivity contribution >= 4 is 11.6 Å². The second kappa shape index (κ2) is 6.96. The number of halogens is 3. The van der Waals surface area contributed by atoms with E-state index < -0.39 is 12.6 Å². The molecule has 2 heterocycles. The number of hydrogen-bond donors (Lipinski definition) is 0. The number of benzene rings is 1. The second-order valence-electron chi connectivity index (χ2n) is 6.99. The van der Waals surface area contributed by atoms with Crippen LogP contribution in [0.4, 0.5) is 13.2 Å². The van der Waals surface area contributed by atoms with Crippen LogP contribution in [-0.4, -0.2) is 28.1 Å². The van der Waals surface area contributed by atoms with Crippen LogP contribution in [-0.2, 0) is 16.0 Å². The van der Waals surface area contributed by atoms with E-state index in [4.69, 9.17) is 4.74 Å². The monoisotopic (exact) mass is 388 g/mol. The molecule has 1 aromatic carbocycles. The molecule has 1 saturated carbocycles. The summed E-state index contributed by atoms with van der Waals surface area (Å²) >= 11 is 0. The number of pyridine rings is 1. The van der Waals surface area contributed by atoms with Crippen molar-refractivity contribution in [2.75, 3.05) is 6.61 Å². The Balaban J connectivity index is 1.66. The number of fused-ring (bicyclic) bond motifs is 1. The Morgan fingerprint density at radius 1 is 1.14 bits per heavy atom. The van der Waals surface area contributed by atoms with Gasteiger partial charge < -0.3 is 9.14 Å². The van der Waals surface area contributed by atoms with Gasteiger partial charge in [-0.05, 0) is 30.2 Å². The average Bonchev–Trinajstić information content (AvgIpc) is 3.27. The molecule has 0 aliphatic heterocycles. The fourth-order valence-corrected chi connectivity index (χ4v) is 3.90. The van der Waals surface area contributed by atoms with E-state index in [-0.39, 0.29) is 29.4 Å². The van der Waals surface area contributed by atoms with E-state index in [1.807, 2.05) is 36.4 Å². The summed E-state index contributed by atoms with van der Waals surface area (Å²) in [4.78, 5) is 16.5. The van der Waals surface area contributed by atoms with E-state index in [0.717, 1.165) is 11.1 Å². The molecule has 0 saturated heterocycles. The van der Waals surface area contributed by atoms with Crippen LogP contribution in [0.2, 0.25) is 0 Å². The largest absolute Gasteiger partial charge is 0.466 e. The maximum Gasteiger partial charge on any atom is 0.394 e. The molecule has 28 heavy (non-hydrogen) atoms. The van der Waals surface area contributed by atoms with E-state index in [1.54, 1.807) is 23.6 Å². The number of carbonyl (C=O) groups excluding carboxylic acids is 1. The fraction of sp³-hybridized carbons (Fsp3) is 0.333. The van der Waals surface area contributed by atoms with Gasteiger partial charge in [0.15, 0.2) is 0 Å². The first-order chi connectivity index (χ1) is 13.4. The number of nitrogens with zero attached hydrogens (tertiary/aromatic N) is 2. The number of imidazole rings is 1. The van der Waals surface area contributed by atoms with Gasteiger partial charge in [0.05, 0.1) is 24.6 Å². The van der Waals surface area contributed by atoms with Crippen molar-refractivity contribution in [3.63, 3.8) is 0 Å². The van der Waals surface area contributed by atoms with E-state index in [0.29, 0.717) is 12.3 Å². The lowest BCUT2D eigenvalue weighted by molar-refractivity contribution is -0.144. The molecule has 7 heteroatoms. The van der Waals surface area contributed by atoms with Crippen molar-refractivity contribution in [3.05, 3.63) is 71.7 Å². The minimum atomic E-state index is -4.30. The van der Waals surface area contributed by atoms with Gasteiger partial charge in [-0.3, -0.25) is 4.79 Å². The lowest BCUT2D eigenvalue weighted by Crippen LogP contribution is -2.11. The summed E-state index contributed by atoms with van der Waals surface area (Å²) in [5.41, 5.74) is 2.34. The molecule has 3 aromatic rings. The van der Waals surface area contributed by atoms with E-state index >= 15 is 0 Å². The normalized spacial score (nSPS) is 21.6. The summed E-state index contributed by atoms with van der Waals surface area (Å²) in [7, 11) is 0. The predicted octanol–water partition coefficient (Wildman–Crippen LogP) is 4.50. The third-order valence-corrected chi connectivity index (χ3v) is 5.06. The molecule has 1 aliphatic rings. The molecule has 0 amide bonds. The maximum absolute atomic E-state index is 12.6. The lowest BCUT2D eigenvalue weighted by atomic mass is 10.1. The quantitative estimate of drug-likeness (QED) is 0.605. The summed E-state index contributed by atoms with van der Waals surface area (Å²) < 4.78 is 44.7. The van der Waals surface area contributed by atoms with Crippen LogP contribution in [0.15, 0.2) is 54.9 Å². The molecule has 3 atom stereocenters. The van der Waals surface area contributed by atoms with Crippen molar-refractivity contribution < 1.29 is 22.7 Å². The Bertz CT molecular complexity index is 998. The van der Waals surface area contributed by atoms with Gasteiger partial charge in [0, 0.05) is 24.2 Å². The van der Waals surface area contributed by atoms with Gasteiger partial charge in [-0.25, -0.2) is 4.98 Å². The highest BCUT2D eigenvalue weighted by atomic mass is 19.4. The first kappa shape index (κ1) is 18.5. The minimum Gasteiger partial charge on any atom is -0.466 e. The summed E-state index contributed by atoms with van der Waals surface area (Å²) in [5.74, 6) is -0.627. The molecule has 0 spiro atoms. The van der Waals surface area contributed by atoms with Crippen LogP contribution in [0.5, 0.6) is 0 Å². The van der Waals surface area contributed by atoms with Crippen molar-refractivity contribution in [1.29, 1.82) is 0 Å². The molecule has 0 bridgehead atoms. The number of esters is 1. The average molecular weight is 388 g/mol. The van der Waals surface area contributed by atoms with E-state index in [1.165, 1.54) is 6.20 Å². The molecule has 1 aliphatic carbocycles. The van der Waals surface area contributed by atoms with Crippen molar-refractivity contribution in [3.8, 4) is 0 Å². The molecular weight excluding hydrogens is 369 g/mol. The first-order valence-corrected chi connectivity index (χ1v) is 9.13. The molecule has 146 valence electrons. The highest BCUT2D eigenvalue weighted by Gasteiger charge is 2.57. The topological polar surface area (TPSA) is 43.6 Å². The summed E-state index contributed by atoms with van der Waals surface area (Å²) in [6.07, 6.45) is -2.28. The summed E-state index contributed by atoms with van der Waals surface area (Å²) in [6, 6.07) is 13.3. The zero-order valence-corrected chi connectivity index (χ0v) is 15.2. The zero-order valence-electron chi connectivity index (χ0n) is 15.2. The highest BCUT2D eigenvalue weighted by Crippen LogP contribution is 2.61. The Morgan fingerprint density at radius 2 is 1.86 bits per heavy atom. The van der Waals surface area contributed by atoms with Crippen LogP contribution in [0.3, 0.4) is 0 Å². The SMILES string of the molecule is CCOC(=O)[C@@H]1[C@H](c2ccccc2)[C@H]1c1ccn2cc(CC(F)(F)F)nc2c1. The van der Waals surface area contributed by atoms with Gasteiger partial charge in [-0.15, -0.1) is 0 Å². The van der Waals surface area contributed by atoms with Crippen molar-refractivity contribution in [1.82, 2.24) is 9.38 Å². The van der Waals surface area contributed by atoms with E-state index in [2.05, 4.69) is 4.98 Å². The Morgan fingerprint density at radius 3 is 2.54 bits per heavy atom. The van der Waals surface area contributed by atoms with Crippen LogP contribution in [0.1, 0.15) is 35.6 Å². The van der Waals surface area contributed by atoms with Crippen LogP contribution >= 0.6 is 0 Å². The van der Waals surface area contributed by atoms with Gasteiger partial charge in [0.2, 0.25) is 0 Å². The fourth-order valence-electron chi connectivity index (χ4n) is 3.90. The number of rotatable bonds is 5. The van der Waals surface area contributed by atoms with Gasteiger partial charge in [-0.1, -0.05) is 30.3 Å². The number of carbonyl (C=O) groups is 1. The van der Waals surface area contributed by atoms with E-state index in [9.17, 15) is 18.0 Å². The van der Waals surface area contributed by atoms with Crippen LogP contribution in [0, 0.1) is 5.92 Å². The Hall–Kier alpha value is -2.83. The molecule has 4 nitrogen and oxygen atoms in total. The van der Waals surface area contributed by atoms with Crippen molar-refractivity contribution in [2.45, 2.75) is 31.4 Å². The molecule has 0 unspecified atom stereocenters. The Kier molecular flexibility index (Phi) is 4.61. The lowest BCUT2D eigenvalue weighted by Gasteiger charge is -2.02. The third-order valence-electron chi connectivity index (χ3n) is 5.06. The molecule has 4 rings (SSSR count). The molecule has 0 N–H and O–H groups in total. The summed E-state index contributed by atoms with van der Waals surface area (Å²) in [6.45, 7) is 2.08. The molecule has 1 fully saturated rings. The molecular formula is C21H19F3N2O2. The smallest absolute Gasteiger partial charge is 0.394 e. The maximum atomic E-state index is 12.6. The number of ether oxygens (including phenoxy) is 1. The number of aromatic nitrogens is 2. The van der Waals surface area contributed by atoms with Crippen LogP contribution < -0.4 is 0 Å². The predicted molar refractivity (Wildman–Crippen MR) is 97.0 cm³/mol. The van der Waals surface area contributed by atoms with Crippen molar-refractivity contribution in [2.24, 2.45) is 5.92 Å². The highest BCUT2D eigenvalue weighted by molar-refractivity contribution is 5.80. The summed E-state index contributed by atoms with van der Waals surface area (Å²) in [5, 5.41) is 0. The third kappa shape index (κ3) is 3.61. The number of hydrogen-bond acceptors (Lipinski definition) is 3. The van der Waals surface area contributed by atoms with Gasteiger partial charge in [0.1, 0.15) is 5.65 Å². The standard InChI is InChI=1S/C21H19F3N2O2/c1-2-28-20(27)19-17(13-6-4-3-5-7-13)18(19)14-8-9-26-12-15(11-21(22,23)24)25-16(26)10-14/h3-10,12,17-19H,2,11H2,1H3/t17-,18-,19-/m1/s1. The number of alkyl halides is 3. The van der Waals surface area contributed by atoms with Gasteiger partial charge in [-0.2, -0.15) is 13.2 Å².